The summed E-state index contributed by atoms with van der Waals surface area (Å²) in [4.78, 5) is 2.18. The van der Waals surface area contributed by atoms with Crippen molar-refractivity contribution < 1.29 is 0 Å². The van der Waals surface area contributed by atoms with E-state index in [-0.39, 0.29) is 6.04 Å². The highest BCUT2D eigenvalue weighted by atomic mass is 79.9. The molecule has 4 heteroatoms. The lowest BCUT2D eigenvalue weighted by Crippen LogP contribution is -2.04. The summed E-state index contributed by atoms with van der Waals surface area (Å²) in [5.74, 6) is 0. The van der Waals surface area contributed by atoms with Crippen molar-refractivity contribution in [2.24, 2.45) is 5.73 Å². The van der Waals surface area contributed by atoms with Crippen molar-refractivity contribution in [2.75, 3.05) is 0 Å². The maximum atomic E-state index is 6.15. The van der Waals surface area contributed by atoms with Crippen LogP contribution >= 0.6 is 39.3 Å². The van der Waals surface area contributed by atoms with E-state index in [9.17, 15) is 0 Å². The highest BCUT2D eigenvalue weighted by molar-refractivity contribution is 9.10. The molecule has 2 aromatic rings. The summed E-state index contributed by atoms with van der Waals surface area (Å²) < 4.78 is 1.04. The molecule has 2 aromatic carbocycles. The van der Waals surface area contributed by atoms with E-state index in [1.165, 1.54) is 0 Å². The predicted molar refractivity (Wildman–Crippen MR) is 82.3 cm³/mol. The number of rotatable bonds is 3. The Morgan fingerprint density at radius 2 is 1.89 bits per heavy atom. The molecule has 0 aromatic heterocycles. The summed E-state index contributed by atoms with van der Waals surface area (Å²) in [7, 11) is 0. The zero-order valence-electron chi connectivity index (χ0n) is 9.86. The average Bonchev–Trinajstić information content (AvgIpc) is 2.34. The lowest BCUT2D eigenvalue weighted by atomic mass is 10.1. The van der Waals surface area contributed by atoms with Gasteiger partial charge in [0.1, 0.15) is 0 Å². The maximum Gasteiger partial charge on any atom is 0.0545 e. The molecule has 0 spiro atoms. The van der Waals surface area contributed by atoms with Gasteiger partial charge in [-0.05, 0) is 52.7 Å². The molecule has 94 valence electrons. The normalized spacial score (nSPS) is 12.4. The van der Waals surface area contributed by atoms with Gasteiger partial charge in [0.15, 0.2) is 0 Å². The molecule has 0 saturated carbocycles. The number of halogens is 2. The van der Waals surface area contributed by atoms with E-state index in [1.54, 1.807) is 11.8 Å². The highest BCUT2D eigenvalue weighted by Gasteiger charge is 2.07. The van der Waals surface area contributed by atoms with Gasteiger partial charge in [-0.2, -0.15) is 0 Å². The van der Waals surface area contributed by atoms with Gasteiger partial charge in [-0.3, -0.25) is 0 Å². The monoisotopic (exact) mass is 341 g/mol. The van der Waals surface area contributed by atoms with Gasteiger partial charge < -0.3 is 5.73 Å². The second-order valence-electron chi connectivity index (χ2n) is 4.01. The molecular formula is C14H13BrClNS. The predicted octanol–water partition coefficient (Wildman–Crippen LogP) is 5.27. The minimum absolute atomic E-state index is 0.0423. The second kappa shape index (κ2) is 6.11. The smallest absolute Gasteiger partial charge is 0.0545 e. The molecule has 0 saturated heterocycles. The quantitative estimate of drug-likeness (QED) is 0.822. The van der Waals surface area contributed by atoms with Crippen LogP contribution in [-0.2, 0) is 0 Å². The van der Waals surface area contributed by atoms with Crippen LogP contribution in [0.15, 0.2) is 56.7 Å². The van der Waals surface area contributed by atoms with Crippen LogP contribution in [0, 0.1) is 0 Å². The molecular weight excluding hydrogens is 330 g/mol. The summed E-state index contributed by atoms with van der Waals surface area (Å²) in [6.07, 6.45) is 0. The molecule has 0 radical (unpaired) electrons. The Hall–Kier alpha value is -0.480. The Labute approximate surface area is 125 Å². The summed E-state index contributed by atoms with van der Waals surface area (Å²) in [6.45, 7) is 1.97. The fraction of sp³-hybridized carbons (Fsp3) is 0.143. The van der Waals surface area contributed by atoms with Crippen LogP contribution < -0.4 is 5.73 Å². The molecule has 0 fully saturated rings. The molecule has 0 unspecified atom stereocenters. The standard InChI is InChI=1S/C14H13BrClNS/c1-9(17)10-6-7-13(11(15)8-10)18-14-5-3-2-4-12(14)16/h2-9H,17H2,1H3/t9-/m1/s1. The summed E-state index contributed by atoms with van der Waals surface area (Å²) in [5, 5.41) is 0.769. The van der Waals surface area contributed by atoms with Gasteiger partial charge in [0.25, 0.3) is 0 Å². The highest BCUT2D eigenvalue weighted by Crippen LogP contribution is 2.37. The second-order valence-corrected chi connectivity index (χ2v) is 6.36. The summed E-state index contributed by atoms with van der Waals surface area (Å²) >= 11 is 11.4. The van der Waals surface area contributed by atoms with E-state index in [4.69, 9.17) is 17.3 Å². The number of nitrogens with two attached hydrogens (primary N) is 1. The molecule has 2 N–H and O–H groups in total. The van der Waals surface area contributed by atoms with Crippen LogP contribution in [0.1, 0.15) is 18.5 Å². The molecule has 0 aliphatic heterocycles. The number of benzene rings is 2. The van der Waals surface area contributed by atoms with Crippen LogP contribution in [0.25, 0.3) is 0 Å². The molecule has 0 bridgehead atoms. The van der Waals surface area contributed by atoms with E-state index < -0.39 is 0 Å². The third-order valence-corrected chi connectivity index (χ3v) is 5.05. The van der Waals surface area contributed by atoms with Crippen molar-refractivity contribution in [1.82, 2.24) is 0 Å². The summed E-state index contributed by atoms with van der Waals surface area (Å²) in [6, 6.07) is 14.0. The topological polar surface area (TPSA) is 26.0 Å². The average molecular weight is 343 g/mol. The molecule has 1 nitrogen and oxygen atoms in total. The third kappa shape index (κ3) is 3.29. The van der Waals surface area contributed by atoms with Crippen molar-refractivity contribution in [2.45, 2.75) is 22.8 Å². The minimum atomic E-state index is 0.0423. The van der Waals surface area contributed by atoms with E-state index >= 15 is 0 Å². The summed E-state index contributed by atoms with van der Waals surface area (Å²) in [5.41, 5.74) is 6.98. The molecule has 1 atom stereocenters. The molecule has 0 heterocycles. The Balaban J connectivity index is 2.28. The first-order chi connectivity index (χ1) is 8.58. The Morgan fingerprint density at radius 1 is 1.17 bits per heavy atom. The van der Waals surface area contributed by atoms with Gasteiger partial charge in [-0.15, -0.1) is 0 Å². The SMILES string of the molecule is C[C@@H](N)c1ccc(Sc2ccccc2Cl)c(Br)c1. The van der Waals surface area contributed by atoms with Crippen molar-refractivity contribution in [1.29, 1.82) is 0 Å². The lowest BCUT2D eigenvalue weighted by Gasteiger charge is -2.10. The first kappa shape index (κ1) is 13.9. The molecule has 0 aliphatic rings. The molecule has 2 rings (SSSR count). The fourth-order valence-corrected chi connectivity index (χ4v) is 3.26. The van der Waals surface area contributed by atoms with E-state index in [0.29, 0.717) is 0 Å². The first-order valence-electron chi connectivity index (χ1n) is 5.55. The van der Waals surface area contributed by atoms with Crippen molar-refractivity contribution in [3.8, 4) is 0 Å². The third-order valence-electron chi connectivity index (χ3n) is 2.54. The van der Waals surface area contributed by atoms with Crippen molar-refractivity contribution >= 4 is 39.3 Å². The Morgan fingerprint density at radius 3 is 2.50 bits per heavy atom. The van der Waals surface area contributed by atoms with Crippen LogP contribution in [0.4, 0.5) is 0 Å². The van der Waals surface area contributed by atoms with Crippen molar-refractivity contribution in [3.63, 3.8) is 0 Å². The van der Waals surface area contributed by atoms with Gasteiger partial charge in [0.05, 0.1) is 5.02 Å². The zero-order chi connectivity index (χ0) is 13.1. The maximum absolute atomic E-state index is 6.15. The fourth-order valence-electron chi connectivity index (χ4n) is 1.53. The molecule has 18 heavy (non-hydrogen) atoms. The van der Waals surface area contributed by atoms with Crippen LogP contribution in [-0.4, -0.2) is 0 Å². The lowest BCUT2D eigenvalue weighted by molar-refractivity contribution is 0.815. The van der Waals surface area contributed by atoms with E-state index in [0.717, 1.165) is 24.8 Å². The number of hydrogen-bond donors (Lipinski definition) is 1. The largest absolute Gasteiger partial charge is 0.324 e. The van der Waals surface area contributed by atoms with Crippen LogP contribution in [0.3, 0.4) is 0 Å². The van der Waals surface area contributed by atoms with E-state index in [1.807, 2.05) is 31.2 Å². The zero-order valence-corrected chi connectivity index (χ0v) is 13.0. The van der Waals surface area contributed by atoms with Crippen LogP contribution in [0.2, 0.25) is 5.02 Å². The van der Waals surface area contributed by atoms with Gasteiger partial charge >= 0.3 is 0 Å². The minimum Gasteiger partial charge on any atom is -0.324 e. The first-order valence-corrected chi connectivity index (χ1v) is 7.54. The van der Waals surface area contributed by atoms with Gasteiger partial charge in [-0.1, -0.05) is 41.6 Å². The van der Waals surface area contributed by atoms with Gasteiger partial charge in [-0.25, -0.2) is 0 Å². The molecule has 0 amide bonds. The Kier molecular flexibility index (Phi) is 4.73. The van der Waals surface area contributed by atoms with Gasteiger partial charge in [0, 0.05) is 20.3 Å². The number of hydrogen-bond acceptors (Lipinski definition) is 2. The molecule has 0 aliphatic carbocycles. The Bertz CT molecular complexity index is 557. The van der Waals surface area contributed by atoms with Crippen LogP contribution in [0.5, 0.6) is 0 Å². The van der Waals surface area contributed by atoms with Gasteiger partial charge in [0.2, 0.25) is 0 Å². The van der Waals surface area contributed by atoms with E-state index in [2.05, 4.69) is 34.1 Å². The van der Waals surface area contributed by atoms with Crippen molar-refractivity contribution in [3.05, 3.63) is 57.5 Å².